The third kappa shape index (κ3) is 2.89. The fraction of sp³-hybridized carbons (Fsp3) is 0. The molecule has 82 valence electrons. The van der Waals surface area contributed by atoms with Gasteiger partial charge in [0.15, 0.2) is 0 Å². The second-order valence-electron chi connectivity index (χ2n) is 2.76. The number of benzene rings is 1. The molecule has 1 aromatic rings. The van der Waals surface area contributed by atoms with Gasteiger partial charge in [0.2, 0.25) is 0 Å². The summed E-state index contributed by atoms with van der Waals surface area (Å²) in [6.07, 6.45) is 1.13. The van der Waals surface area contributed by atoms with Crippen molar-refractivity contribution in [3.05, 3.63) is 38.3 Å². The molecule has 0 aliphatic heterocycles. The molecule has 1 rings (SSSR count). The summed E-state index contributed by atoms with van der Waals surface area (Å²) in [5.74, 6) is -1.33. The van der Waals surface area contributed by atoms with E-state index >= 15 is 0 Å². The van der Waals surface area contributed by atoms with Crippen LogP contribution < -0.4 is 0 Å². The fourth-order valence-corrected chi connectivity index (χ4v) is 1.56. The number of carbonyl (C=O) groups is 1. The zero-order valence-electron chi connectivity index (χ0n) is 7.67. The van der Waals surface area contributed by atoms with E-state index in [4.69, 9.17) is 45.2 Å². The Morgan fingerprint density at radius 2 is 1.81 bits per heavy atom. The summed E-state index contributed by atoms with van der Waals surface area (Å²) in [5, 5.41) is 18.0. The highest BCUT2D eigenvalue weighted by atomic mass is 35.5. The molecule has 0 aromatic heterocycles. The summed E-state index contributed by atoms with van der Waals surface area (Å²) < 4.78 is 0. The molecule has 0 spiro atoms. The number of hydrogen-bond donors (Lipinski definition) is 1. The Morgan fingerprint density at radius 1 is 1.25 bits per heavy atom. The molecule has 0 heterocycles. The highest BCUT2D eigenvalue weighted by Crippen LogP contribution is 2.30. The monoisotopic (exact) mass is 275 g/mol. The van der Waals surface area contributed by atoms with Gasteiger partial charge in [-0.15, -0.1) is 0 Å². The Hall–Kier alpha value is -1.21. The Kier molecular flexibility index (Phi) is 4.19. The molecule has 1 aromatic carbocycles. The maximum Gasteiger partial charge on any atom is 0.346 e. The van der Waals surface area contributed by atoms with E-state index in [1.54, 1.807) is 0 Å². The number of nitrogens with zero attached hydrogens (tertiary/aromatic N) is 1. The third-order valence-corrected chi connectivity index (χ3v) is 2.74. The first-order valence-corrected chi connectivity index (χ1v) is 5.08. The Bertz CT molecular complexity index is 518. The minimum absolute atomic E-state index is 0.225. The van der Waals surface area contributed by atoms with Crippen molar-refractivity contribution in [2.45, 2.75) is 0 Å². The van der Waals surface area contributed by atoms with Gasteiger partial charge >= 0.3 is 5.97 Å². The average molecular weight is 277 g/mol. The lowest BCUT2D eigenvalue weighted by Crippen LogP contribution is -1.97. The molecule has 0 aliphatic rings. The van der Waals surface area contributed by atoms with Gasteiger partial charge in [-0.05, 0) is 23.8 Å². The molecule has 0 atom stereocenters. The smallest absolute Gasteiger partial charge is 0.346 e. The van der Waals surface area contributed by atoms with Crippen LogP contribution in [0, 0.1) is 11.3 Å². The van der Waals surface area contributed by atoms with Crippen LogP contribution >= 0.6 is 34.8 Å². The van der Waals surface area contributed by atoms with Crippen molar-refractivity contribution in [3.63, 3.8) is 0 Å². The second-order valence-corrected chi connectivity index (χ2v) is 3.98. The molecule has 0 saturated heterocycles. The molecule has 0 bridgehead atoms. The van der Waals surface area contributed by atoms with Crippen LogP contribution in [-0.4, -0.2) is 11.1 Å². The van der Waals surface area contributed by atoms with E-state index in [1.807, 2.05) is 0 Å². The van der Waals surface area contributed by atoms with Gasteiger partial charge in [0.25, 0.3) is 0 Å². The van der Waals surface area contributed by atoms with Crippen LogP contribution in [0.3, 0.4) is 0 Å². The van der Waals surface area contributed by atoms with E-state index in [-0.39, 0.29) is 15.1 Å². The lowest BCUT2D eigenvalue weighted by atomic mass is 10.1. The summed E-state index contributed by atoms with van der Waals surface area (Å²) in [4.78, 5) is 10.6. The number of hydrogen-bond acceptors (Lipinski definition) is 2. The molecule has 0 fully saturated rings. The molecule has 0 radical (unpaired) electrons. The standard InChI is InChI=1S/C10H4Cl3NO2/c11-7-3-9(13)8(12)2-5(7)1-6(4-14)10(15)16/h1-3H,(H,15,16). The first-order valence-electron chi connectivity index (χ1n) is 3.95. The van der Waals surface area contributed by atoms with Crippen molar-refractivity contribution in [2.75, 3.05) is 0 Å². The number of carboxylic acid groups (broad SMARTS) is 1. The van der Waals surface area contributed by atoms with Crippen LogP contribution in [0.4, 0.5) is 0 Å². The van der Waals surface area contributed by atoms with E-state index in [1.165, 1.54) is 18.2 Å². The van der Waals surface area contributed by atoms with Crippen LogP contribution in [0.2, 0.25) is 15.1 Å². The molecule has 3 nitrogen and oxygen atoms in total. The Balaban J connectivity index is 3.31. The van der Waals surface area contributed by atoms with Crippen LogP contribution in [0.25, 0.3) is 6.08 Å². The largest absolute Gasteiger partial charge is 0.477 e. The number of aliphatic carboxylic acids is 1. The molecular formula is C10H4Cl3NO2. The predicted molar refractivity (Wildman–Crippen MR) is 62.7 cm³/mol. The SMILES string of the molecule is N#CC(=Cc1cc(Cl)c(Cl)cc1Cl)C(=O)O. The van der Waals surface area contributed by atoms with Crippen LogP contribution in [0.15, 0.2) is 17.7 Å². The van der Waals surface area contributed by atoms with Gasteiger partial charge < -0.3 is 5.11 Å². The zero-order chi connectivity index (χ0) is 12.3. The first-order chi connectivity index (χ1) is 7.45. The third-order valence-electron chi connectivity index (χ3n) is 1.69. The lowest BCUT2D eigenvalue weighted by Gasteiger charge is -2.01. The number of carboxylic acids is 1. The Morgan fingerprint density at radius 3 is 2.31 bits per heavy atom. The molecular weight excluding hydrogens is 272 g/mol. The van der Waals surface area contributed by atoms with Gasteiger partial charge in [-0.3, -0.25) is 0 Å². The van der Waals surface area contributed by atoms with E-state index in [2.05, 4.69) is 0 Å². The Labute approximate surface area is 106 Å². The molecule has 0 aliphatic carbocycles. The van der Waals surface area contributed by atoms with Crippen molar-refractivity contribution >= 4 is 46.8 Å². The highest BCUT2D eigenvalue weighted by Gasteiger charge is 2.09. The second kappa shape index (κ2) is 5.22. The summed E-state index contributed by atoms with van der Waals surface area (Å²) in [5.41, 5.74) is -0.102. The summed E-state index contributed by atoms with van der Waals surface area (Å²) in [6.45, 7) is 0. The van der Waals surface area contributed by atoms with Crippen molar-refractivity contribution in [3.8, 4) is 6.07 Å². The molecule has 16 heavy (non-hydrogen) atoms. The van der Waals surface area contributed by atoms with Gasteiger partial charge in [0.05, 0.1) is 10.0 Å². The van der Waals surface area contributed by atoms with Gasteiger partial charge in [-0.25, -0.2) is 4.79 Å². The van der Waals surface area contributed by atoms with E-state index < -0.39 is 11.5 Å². The quantitative estimate of drug-likeness (QED) is 0.509. The topological polar surface area (TPSA) is 61.1 Å². The number of halogens is 3. The van der Waals surface area contributed by atoms with Gasteiger partial charge in [0.1, 0.15) is 11.6 Å². The van der Waals surface area contributed by atoms with Crippen molar-refractivity contribution in [1.29, 1.82) is 5.26 Å². The molecule has 0 amide bonds. The van der Waals surface area contributed by atoms with Gasteiger partial charge in [0, 0.05) is 5.02 Å². The van der Waals surface area contributed by atoms with E-state index in [0.717, 1.165) is 6.08 Å². The minimum Gasteiger partial charge on any atom is -0.477 e. The van der Waals surface area contributed by atoms with Gasteiger partial charge in [-0.2, -0.15) is 5.26 Å². The maximum atomic E-state index is 10.6. The van der Waals surface area contributed by atoms with Crippen molar-refractivity contribution in [1.82, 2.24) is 0 Å². The van der Waals surface area contributed by atoms with Crippen LogP contribution in [0.5, 0.6) is 0 Å². The number of rotatable bonds is 2. The fourth-order valence-electron chi connectivity index (χ4n) is 0.946. The summed E-state index contributed by atoms with van der Waals surface area (Å²) >= 11 is 17.3. The molecule has 0 unspecified atom stereocenters. The van der Waals surface area contributed by atoms with Crippen LogP contribution in [0.1, 0.15) is 5.56 Å². The molecule has 6 heteroatoms. The number of nitriles is 1. The molecule has 0 saturated carbocycles. The maximum absolute atomic E-state index is 10.6. The van der Waals surface area contributed by atoms with E-state index in [9.17, 15) is 4.79 Å². The summed E-state index contributed by atoms with van der Waals surface area (Å²) in [7, 11) is 0. The van der Waals surface area contributed by atoms with E-state index in [0.29, 0.717) is 5.56 Å². The molecule has 1 N–H and O–H groups in total. The lowest BCUT2D eigenvalue weighted by molar-refractivity contribution is -0.132. The van der Waals surface area contributed by atoms with Crippen molar-refractivity contribution < 1.29 is 9.90 Å². The minimum atomic E-state index is -1.33. The van der Waals surface area contributed by atoms with Crippen molar-refractivity contribution in [2.24, 2.45) is 0 Å². The zero-order valence-corrected chi connectivity index (χ0v) is 9.94. The van der Waals surface area contributed by atoms with Crippen LogP contribution in [-0.2, 0) is 4.79 Å². The van der Waals surface area contributed by atoms with Gasteiger partial charge in [-0.1, -0.05) is 34.8 Å². The predicted octanol–water partition coefficient (Wildman–Crippen LogP) is 3.64. The normalized spacial score (nSPS) is 11.0. The summed E-state index contributed by atoms with van der Waals surface area (Å²) in [6, 6.07) is 4.32. The average Bonchev–Trinajstić information content (AvgIpc) is 2.21. The first kappa shape index (κ1) is 12.9. The highest BCUT2D eigenvalue weighted by molar-refractivity contribution is 6.43.